The van der Waals surface area contributed by atoms with E-state index in [0.29, 0.717) is 36.1 Å². The molecule has 0 amide bonds. The van der Waals surface area contributed by atoms with Gasteiger partial charge in [-0.3, -0.25) is 18.6 Å². The minimum Gasteiger partial charge on any atom is -0.466 e. The van der Waals surface area contributed by atoms with Crippen molar-refractivity contribution in [2.45, 2.75) is 213 Å². The molecule has 1 fully saturated rings. The number of quaternary nitrogens is 1. The van der Waals surface area contributed by atoms with E-state index in [1.165, 1.54) is 99.7 Å². The van der Waals surface area contributed by atoms with Gasteiger partial charge in [-0.25, -0.2) is 4.57 Å². The van der Waals surface area contributed by atoms with E-state index < -0.39 is 32.5 Å². The molecular formula is C52H91NO10P+. The molecular weight excluding hydrogens is 830 g/mol. The van der Waals surface area contributed by atoms with Crippen molar-refractivity contribution in [1.82, 2.24) is 0 Å². The predicted octanol–water partition coefficient (Wildman–Crippen LogP) is 13.1. The second kappa shape index (κ2) is 34.7. The van der Waals surface area contributed by atoms with Gasteiger partial charge in [0.25, 0.3) is 0 Å². The van der Waals surface area contributed by atoms with Crippen LogP contribution in [-0.4, -0.2) is 87.1 Å². The summed E-state index contributed by atoms with van der Waals surface area (Å²) in [5, 5.41) is 0. The average molecular weight is 921 g/mol. The summed E-state index contributed by atoms with van der Waals surface area (Å²) in [7, 11) is 1.42. The van der Waals surface area contributed by atoms with E-state index in [1.807, 2.05) is 21.1 Å². The van der Waals surface area contributed by atoms with Crippen LogP contribution in [0.3, 0.4) is 0 Å². The number of furan rings is 1. The van der Waals surface area contributed by atoms with Crippen LogP contribution in [0.4, 0.5) is 0 Å². The third-order valence-corrected chi connectivity index (χ3v) is 12.8. The lowest BCUT2D eigenvalue weighted by atomic mass is 10.0. The Labute approximate surface area is 389 Å². The smallest absolute Gasteiger partial charge is 0.466 e. The average Bonchev–Trinajstić information content (AvgIpc) is 3.94. The van der Waals surface area contributed by atoms with Gasteiger partial charge in [0.05, 0.1) is 40.0 Å². The molecule has 3 unspecified atom stereocenters. The number of carbonyl (C=O) groups is 2. The summed E-state index contributed by atoms with van der Waals surface area (Å²) in [6, 6.07) is 0. The lowest BCUT2D eigenvalue weighted by molar-refractivity contribution is -0.870. The molecule has 2 rings (SSSR count). The Morgan fingerprint density at radius 3 is 1.80 bits per heavy atom. The van der Waals surface area contributed by atoms with E-state index in [2.05, 4.69) is 64.2 Å². The van der Waals surface area contributed by atoms with Crippen molar-refractivity contribution >= 4 is 19.8 Å². The number of nitrogens with zero attached hydrogens (tertiary/aromatic N) is 1. The predicted molar refractivity (Wildman–Crippen MR) is 259 cm³/mol. The Kier molecular flexibility index (Phi) is 31.3. The molecule has 0 saturated carbocycles. The first-order chi connectivity index (χ1) is 30.7. The van der Waals surface area contributed by atoms with Crippen LogP contribution in [-0.2, 0) is 50.3 Å². The molecule has 2 heterocycles. The number of phosphoric ester groups is 1. The first kappa shape index (κ1) is 57.6. The van der Waals surface area contributed by atoms with Crippen molar-refractivity contribution in [1.29, 1.82) is 0 Å². The molecule has 0 radical (unpaired) electrons. The van der Waals surface area contributed by atoms with Gasteiger partial charge in [-0.2, -0.15) is 0 Å². The van der Waals surface area contributed by atoms with Gasteiger partial charge in [0.15, 0.2) is 6.10 Å². The molecule has 0 spiro atoms. The molecule has 0 bridgehead atoms. The van der Waals surface area contributed by atoms with Crippen LogP contribution in [0.15, 0.2) is 40.9 Å². The Morgan fingerprint density at radius 2 is 1.17 bits per heavy atom. The van der Waals surface area contributed by atoms with Crippen LogP contribution >= 0.6 is 7.82 Å². The van der Waals surface area contributed by atoms with E-state index in [1.54, 1.807) is 0 Å². The maximum Gasteiger partial charge on any atom is 0.472 e. The zero-order valence-electron chi connectivity index (χ0n) is 41.4. The Morgan fingerprint density at radius 1 is 0.656 bits per heavy atom. The Hall–Kier alpha value is -2.53. The molecule has 12 heteroatoms. The maximum absolute atomic E-state index is 12.8. The minimum absolute atomic E-state index is 0.0145. The zero-order chi connectivity index (χ0) is 46.9. The van der Waals surface area contributed by atoms with Gasteiger partial charge in [-0.05, 0) is 89.2 Å². The Bertz CT molecular complexity index is 1530. The molecule has 4 atom stereocenters. The first-order valence-corrected chi connectivity index (χ1v) is 26.7. The number of esters is 2. The monoisotopic (exact) mass is 921 g/mol. The lowest BCUT2D eigenvalue weighted by Gasteiger charge is -2.24. The second-order valence-corrected chi connectivity index (χ2v) is 20.3. The van der Waals surface area contributed by atoms with E-state index >= 15 is 0 Å². The summed E-state index contributed by atoms with van der Waals surface area (Å²) >= 11 is 0. The quantitative estimate of drug-likeness (QED) is 0.0169. The number of allylic oxidation sites excluding steroid dienone is 4. The summed E-state index contributed by atoms with van der Waals surface area (Å²) in [6.07, 6.45) is 39.0. The number of carbonyl (C=O) groups excluding carboxylic acids is 2. The van der Waals surface area contributed by atoms with Crippen LogP contribution in [0.1, 0.15) is 191 Å². The molecule has 0 aliphatic carbocycles. The molecule has 0 aromatic carbocycles. The normalized spacial score (nSPS) is 16.9. The van der Waals surface area contributed by atoms with Crippen LogP contribution < -0.4 is 0 Å². The van der Waals surface area contributed by atoms with Gasteiger partial charge >= 0.3 is 19.8 Å². The standard InChI is InChI=1S/C52H90NO10P/c1-8-10-12-13-23-30-36-49-50(63-49)37-31-25-20-18-22-26-32-38-51(54)58-42-46(43-60-64(56,57)59-41-40-53(5,6)7)61-52(55)39-33-27-21-17-15-14-16-19-24-29-35-48-45(4)44(3)47(62-48)34-28-11-9-2/h18,22-23,25,30-31,46,49-50H,8-17,19-21,24,26-29,32-43H2,1-7H3/p+1/b22-18-,30-23-,31-25-/t46-,49?,50?/m1/s1. The maximum atomic E-state index is 12.8. The number of hydrogen-bond acceptors (Lipinski definition) is 9. The van der Waals surface area contributed by atoms with Gasteiger partial charge < -0.3 is 28.0 Å². The third kappa shape index (κ3) is 29.9. The highest BCUT2D eigenvalue weighted by molar-refractivity contribution is 7.47. The second-order valence-electron chi connectivity index (χ2n) is 18.8. The Balaban J connectivity index is 1.61. The first-order valence-electron chi connectivity index (χ1n) is 25.2. The van der Waals surface area contributed by atoms with E-state index in [-0.39, 0.29) is 26.1 Å². The summed E-state index contributed by atoms with van der Waals surface area (Å²) in [5.41, 5.74) is 2.69. The van der Waals surface area contributed by atoms with Gasteiger partial charge in [0, 0.05) is 25.7 Å². The third-order valence-electron chi connectivity index (χ3n) is 11.8. The van der Waals surface area contributed by atoms with Crippen molar-refractivity contribution < 1.29 is 51.2 Å². The van der Waals surface area contributed by atoms with Crippen LogP contribution in [0.5, 0.6) is 0 Å². The van der Waals surface area contributed by atoms with Gasteiger partial charge in [0.2, 0.25) is 0 Å². The zero-order valence-corrected chi connectivity index (χ0v) is 42.3. The van der Waals surface area contributed by atoms with Crippen LogP contribution in [0.2, 0.25) is 0 Å². The molecule has 1 aromatic rings. The van der Waals surface area contributed by atoms with Gasteiger partial charge in [-0.15, -0.1) is 0 Å². The number of ether oxygens (including phenoxy) is 3. The molecule has 1 aliphatic rings. The number of phosphoric acid groups is 1. The van der Waals surface area contributed by atoms with E-state index in [4.69, 9.17) is 27.7 Å². The molecule has 11 nitrogen and oxygen atoms in total. The fraction of sp³-hybridized carbons (Fsp3) is 0.769. The van der Waals surface area contributed by atoms with Crippen molar-refractivity contribution in [2.24, 2.45) is 0 Å². The fourth-order valence-corrected chi connectivity index (χ4v) is 8.14. The van der Waals surface area contributed by atoms with Gasteiger partial charge in [0.1, 0.15) is 31.3 Å². The molecule has 1 N–H and O–H groups in total. The highest BCUT2D eigenvalue weighted by atomic mass is 31.2. The molecule has 1 saturated heterocycles. The fourth-order valence-electron chi connectivity index (χ4n) is 7.40. The summed E-state index contributed by atoms with van der Waals surface area (Å²) in [6.45, 7) is 8.67. The number of epoxide rings is 1. The van der Waals surface area contributed by atoms with E-state index in [0.717, 1.165) is 64.2 Å². The highest BCUT2D eigenvalue weighted by Crippen LogP contribution is 2.43. The number of rotatable bonds is 41. The summed E-state index contributed by atoms with van der Waals surface area (Å²) in [5.74, 6) is 1.49. The van der Waals surface area contributed by atoms with Crippen molar-refractivity contribution in [3.63, 3.8) is 0 Å². The molecule has 64 heavy (non-hydrogen) atoms. The van der Waals surface area contributed by atoms with Crippen LogP contribution in [0.25, 0.3) is 0 Å². The largest absolute Gasteiger partial charge is 0.472 e. The minimum atomic E-state index is -4.41. The molecule has 1 aliphatic heterocycles. The highest BCUT2D eigenvalue weighted by Gasteiger charge is 2.36. The SMILES string of the molecule is CCCCC/C=C\CC1OC1C/C=C\C/C=C\CCCC(=O)OC[C@H](COP(=O)(O)OCC[N+](C)(C)C)OC(=O)CCCCCCCCCCCCc1oc(CCCCC)c(C)c1C. The van der Waals surface area contributed by atoms with Crippen molar-refractivity contribution in [3.8, 4) is 0 Å². The lowest BCUT2D eigenvalue weighted by Crippen LogP contribution is -2.37. The number of aryl methyl sites for hydroxylation is 2. The van der Waals surface area contributed by atoms with Gasteiger partial charge in [-0.1, -0.05) is 127 Å². The van der Waals surface area contributed by atoms with Crippen LogP contribution in [0, 0.1) is 13.8 Å². The summed E-state index contributed by atoms with van der Waals surface area (Å²) < 4.78 is 46.4. The summed E-state index contributed by atoms with van der Waals surface area (Å²) in [4.78, 5) is 35.6. The molecule has 368 valence electrons. The number of unbranched alkanes of at least 4 members (excludes halogenated alkanes) is 15. The topological polar surface area (TPSA) is 134 Å². The number of hydrogen-bond donors (Lipinski definition) is 1. The molecule has 1 aromatic heterocycles. The number of likely N-dealkylation sites (N-methyl/N-ethyl adjacent to an activating group) is 1. The van der Waals surface area contributed by atoms with E-state index in [9.17, 15) is 19.0 Å². The van der Waals surface area contributed by atoms with Crippen molar-refractivity contribution in [2.75, 3.05) is 47.5 Å². The van der Waals surface area contributed by atoms with Crippen molar-refractivity contribution in [3.05, 3.63) is 59.1 Å².